The van der Waals surface area contributed by atoms with Crippen LogP contribution in [0.3, 0.4) is 0 Å². The van der Waals surface area contributed by atoms with E-state index in [4.69, 9.17) is 0 Å². The molecule has 1 aliphatic heterocycles. The number of carbonyl (C=O) groups is 1. The zero-order valence-corrected chi connectivity index (χ0v) is 11.6. The van der Waals surface area contributed by atoms with E-state index in [1.54, 1.807) is 0 Å². The van der Waals surface area contributed by atoms with Crippen molar-refractivity contribution in [2.24, 2.45) is 0 Å². The van der Waals surface area contributed by atoms with E-state index in [1.165, 1.54) is 0 Å². The van der Waals surface area contributed by atoms with Crippen LogP contribution in [0.15, 0.2) is 30.3 Å². The van der Waals surface area contributed by atoms with Crippen molar-refractivity contribution >= 4 is 5.97 Å². The summed E-state index contributed by atoms with van der Waals surface area (Å²) >= 11 is 0. The fraction of sp³-hybridized carbons (Fsp3) is 0.533. The number of aliphatic carboxylic acids is 1. The van der Waals surface area contributed by atoms with Crippen LogP contribution in [-0.2, 0) is 11.3 Å². The fourth-order valence-corrected chi connectivity index (χ4v) is 2.54. The van der Waals surface area contributed by atoms with E-state index in [9.17, 15) is 9.90 Å². The molecule has 0 aromatic heterocycles. The zero-order chi connectivity index (χ0) is 13.9. The topological polar surface area (TPSA) is 52.6 Å². The lowest BCUT2D eigenvalue weighted by atomic mass is 9.98. The molecule has 1 unspecified atom stereocenters. The van der Waals surface area contributed by atoms with Crippen molar-refractivity contribution in [3.63, 3.8) is 0 Å². The number of benzene rings is 1. The van der Waals surface area contributed by atoms with Gasteiger partial charge in [-0.15, -0.1) is 0 Å². The van der Waals surface area contributed by atoms with Crippen LogP contribution in [-0.4, -0.2) is 40.6 Å². The Morgan fingerprint density at radius 1 is 1.42 bits per heavy atom. The highest BCUT2D eigenvalue weighted by Crippen LogP contribution is 2.24. The molecule has 1 aromatic rings. The molecule has 0 aliphatic carbocycles. The molecule has 0 amide bonds. The summed E-state index contributed by atoms with van der Waals surface area (Å²) in [7, 11) is 0. The number of carboxylic acid groups (broad SMARTS) is 1. The van der Waals surface area contributed by atoms with Crippen LogP contribution in [0.25, 0.3) is 0 Å². The molecule has 2 rings (SSSR count). The Balaban J connectivity index is 2.03. The van der Waals surface area contributed by atoms with Crippen LogP contribution in [0.2, 0.25) is 0 Å². The van der Waals surface area contributed by atoms with Gasteiger partial charge in [-0.1, -0.05) is 30.3 Å². The SMILES string of the molecule is CC(C)N1CCC(NCc2ccccc2)(C(=O)O)C1. The second-order valence-electron chi connectivity index (χ2n) is 5.54. The molecular formula is C15H22N2O2. The van der Waals surface area contributed by atoms with Gasteiger partial charge in [-0.25, -0.2) is 0 Å². The fourth-order valence-electron chi connectivity index (χ4n) is 2.54. The number of likely N-dealkylation sites (tertiary alicyclic amines) is 1. The molecule has 104 valence electrons. The van der Waals surface area contributed by atoms with Gasteiger partial charge in [0.25, 0.3) is 0 Å². The van der Waals surface area contributed by atoms with Crippen molar-refractivity contribution in [2.45, 2.75) is 38.4 Å². The molecular weight excluding hydrogens is 240 g/mol. The molecule has 0 radical (unpaired) electrons. The van der Waals surface area contributed by atoms with Crippen molar-refractivity contribution in [3.05, 3.63) is 35.9 Å². The van der Waals surface area contributed by atoms with E-state index in [2.05, 4.69) is 24.1 Å². The summed E-state index contributed by atoms with van der Waals surface area (Å²) in [6.45, 7) is 6.22. The number of rotatable bonds is 5. The number of hydrogen-bond donors (Lipinski definition) is 2. The van der Waals surface area contributed by atoms with Crippen LogP contribution in [0, 0.1) is 0 Å². The van der Waals surface area contributed by atoms with Gasteiger partial charge in [0.15, 0.2) is 0 Å². The standard InChI is InChI=1S/C15H22N2O2/c1-12(2)17-9-8-15(11-17,14(18)19)16-10-13-6-4-3-5-7-13/h3-7,12,16H,8-11H2,1-2H3,(H,18,19). The highest BCUT2D eigenvalue weighted by molar-refractivity contribution is 5.79. The second-order valence-corrected chi connectivity index (χ2v) is 5.54. The number of hydrogen-bond acceptors (Lipinski definition) is 3. The molecule has 1 saturated heterocycles. The Morgan fingerprint density at radius 3 is 2.63 bits per heavy atom. The second kappa shape index (κ2) is 5.72. The van der Waals surface area contributed by atoms with E-state index < -0.39 is 11.5 Å². The van der Waals surface area contributed by atoms with Gasteiger partial charge in [-0.3, -0.25) is 15.0 Å². The predicted octanol–water partition coefficient (Wildman–Crippen LogP) is 1.71. The molecule has 4 nitrogen and oxygen atoms in total. The largest absolute Gasteiger partial charge is 0.480 e. The van der Waals surface area contributed by atoms with Crippen molar-refractivity contribution in [2.75, 3.05) is 13.1 Å². The average molecular weight is 262 g/mol. The van der Waals surface area contributed by atoms with Crippen molar-refractivity contribution in [1.29, 1.82) is 0 Å². The average Bonchev–Trinajstić information content (AvgIpc) is 2.84. The predicted molar refractivity (Wildman–Crippen MR) is 75.0 cm³/mol. The zero-order valence-electron chi connectivity index (χ0n) is 11.6. The molecule has 0 spiro atoms. The third-order valence-corrected chi connectivity index (χ3v) is 3.91. The van der Waals surface area contributed by atoms with E-state index in [1.807, 2.05) is 30.3 Å². The lowest BCUT2D eigenvalue weighted by Crippen LogP contribution is -2.54. The van der Waals surface area contributed by atoms with E-state index >= 15 is 0 Å². The van der Waals surface area contributed by atoms with E-state index in [0.29, 0.717) is 25.6 Å². The first-order valence-corrected chi connectivity index (χ1v) is 6.80. The quantitative estimate of drug-likeness (QED) is 0.848. The van der Waals surface area contributed by atoms with Crippen LogP contribution in [0.4, 0.5) is 0 Å². The summed E-state index contributed by atoms with van der Waals surface area (Å²) in [5.74, 6) is -0.744. The molecule has 2 N–H and O–H groups in total. The van der Waals surface area contributed by atoms with E-state index in [0.717, 1.165) is 12.1 Å². The van der Waals surface area contributed by atoms with Gasteiger partial charge in [0.1, 0.15) is 5.54 Å². The monoisotopic (exact) mass is 262 g/mol. The first-order valence-electron chi connectivity index (χ1n) is 6.80. The molecule has 0 saturated carbocycles. The van der Waals surface area contributed by atoms with Crippen molar-refractivity contribution in [1.82, 2.24) is 10.2 Å². The van der Waals surface area contributed by atoms with Crippen molar-refractivity contribution < 1.29 is 9.90 Å². The summed E-state index contributed by atoms with van der Waals surface area (Å²) < 4.78 is 0. The smallest absolute Gasteiger partial charge is 0.325 e. The molecule has 1 aliphatic rings. The Morgan fingerprint density at radius 2 is 2.11 bits per heavy atom. The summed E-state index contributed by atoms with van der Waals surface area (Å²) in [5.41, 5.74) is 0.311. The summed E-state index contributed by atoms with van der Waals surface area (Å²) in [6, 6.07) is 10.3. The minimum absolute atomic E-state index is 0.389. The van der Waals surface area contributed by atoms with Gasteiger partial charge >= 0.3 is 5.97 Å². The highest BCUT2D eigenvalue weighted by Gasteiger charge is 2.44. The summed E-state index contributed by atoms with van der Waals surface area (Å²) in [5, 5.41) is 12.8. The van der Waals surface area contributed by atoms with Gasteiger partial charge in [-0.05, 0) is 25.8 Å². The Labute approximate surface area is 114 Å². The Kier molecular flexibility index (Phi) is 4.22. The maximum absolute atomic E-state index is 11.6. The molecule has 1 heterocycles. The third-order valence-electron chi connectivity index (χ3n) is 3.91. The normalized spacial score (nSPS) is 23.9. The summed E-state index contributed by atoms with van der Waals surface area (Å²) in [6.07, 6.45) is 0.660. The van der Waals surface area contributed by atoms with Gasteiger partial charge in [0.05, 0.1) is 0 Å². The highest BCUT2D eigenvalue weighted by atomic mass is 16.4. The maximum atomic E-state index is 11.6. The Hall–Kier alpha value is -1.39. The number of nitrogens with zero attached hydrogens (tertiary/aromatic N) is 1. The maximum Gasteiger partial charge on any atom is 0.325 e. The lowest BCUT2D eigenvalue weighted by molar-refractivity contribution is -0.144. The molecule has 0 bridgehead atoms. The minimum Gasteiger partial charge on any atom is -0.480 e. The van der Waals surface area contributed by atoms with Crippen LogP contribution >= 0.6 is 0 Å². The molecule has 1 atom stereocenters. The lowest BCUT2D eigenvalue weighted by Gasteiger charge is -2.27. The molecule has 1 aromatic carbocycles. The van der Waals surface area contributed by atoms with Crippen LogP contribution in [0.5, 0.6) is 0 Å². The molecule has 19 heavy (non-hydrogen) atoms. The van der Waals surface area contributed by atoms with Crippen LogP contribution < -0.4 is 5.32 Å². The van der Waals surface area contributed by atoms with Crippen molar-refractivity contribution in [3.8, 4) is 0 Å². The van der Waals surface area contributed by atoms with E-state index in [-0.39, 0.29) is 0 Å². The number of carboxylic acids is 1. The van der Waals surface area contributed by atoms with Gasteiger partial charge < -0.3 is 5.11 Å². The van der Waals surface area contributed by atoms with Gasteiger partial charge in [0, 0.05) is 25.7 Å². The molecule has 1 fully saturated rings. The third kappa shape index (κ3) is 3.14. The first kappa shape index (κ1) is 14.0. The Bertz CT molecular complexity index is 433. The summed E-state index contributed by atoms with van der Waals surface area (Å²) in [4.78, 5) is 13.8. The van der Waals surface area contributed by atoms with Gasteiger partial charge in [-0.2, -0.15) is 0 Å². The molecule has 4 heteroatoms. The number of nitrogens with one attached hydrogen (secondary N) is 1. The first-order chi connectivity index (χ1) is 9.03. The van der Waals surface area contributed by atoms with Crippen LogP contribution in [0.1, 0.15) is 25.8 Å². The van der Waals surface area contributed by atoms with Gasteiger partial charge in [0.2, 0.25) is 0 Å². The minimum atomic E-state index is -0.805.